The number of nitrogens with zero attached hydrogens (tertiary/aromatic N) is 1. The molecule has 20 heavy (non-hydrogen) atoms. The molecular formula is C15H28N2O3. The second kappa shape index (κ2) is 5.72. The van der Waals surface area contributed by atoms with E-state index < -0.39 is 17.7 Å². The summed E-state index contributed by atoms with van der Waals surface area (Å²) in [5, 5.41) is 2.87. The number of piperazine rings is 1. The van der Waals surface area contributed by atoms with Crippen LogP contribution in [0.25, 0.3) is 0 Å². The molecule has 0 aromatic heterocycles. The van der Waals surface area contributed by atoms with Crippen LogP contribution in [0.4, 0.5) is 0 Å². The van der Waals surface area contributed by atoms with Gasteiger partial charge in [-0.15, -0.1) is 0 Å². The quantitative estimate of drug-likeness (QED) is 0.852. The third-order valence-corrected chi connectivity index (χ3v) is 3.85. The highest BCUT2D eigenvalue weighted by Crippen LogP contribution is 2.27. The minimum absolute atomic E-state index is 0.0194. The highest BCUT2D eigenvalue weighted by atomic mass is 16.5. The summed E-state index contributed by atoms with van der Waals surface area (Å²) in [6.07, 6.45) is 0.605. The van der Waals surface area contributed by atoms with Crippen LogP contribution in [0.15, 0.2) is 0 Å². The van der Waals surface area contributed by atoms with E-state index in [0.717, 1.165) is 0 Å². The number of carbonyl (C=O) groups is 2. The Morgan fingerprint density at radius 2 is 1.75 bits per heavy atom. The first-order valence-corrected chi connectivity index (χ1v) is 7.19. The summed E-state index contributed by atoms with van der Waals surface area (Å²) >= 11 is 0. The first-order valence-electron chi connectivity index (χ1n) is 7.19. The Bertz CT molecular complexity index is 385. The maximum absolute atomic E-state index is 12.7. The van der Waals surface area contributed by atoms with Gasteiger partial charge in [0.15, 0.2) is 0 Å². The number of amides is 2. The van der Waals surface area contributed by atoms with E-state index >= 15 is 0 Å². The molecule has 1 aliphatic heterocycles. The molecule has 1 N–H and O–H groups in total. The van der Waals surface area contributed by atoms with E-state index in [4.69, 9.17) is 4.74 Å². The van der Waals surface area contributed by atoms with E-state index in [1.165, 1.54) is 0 Å². The lowest BCUT2D eigenvalue weighted by Crippen LogP contribution is -2.68. The molecule has 5 heteroatoms. The second-order valence-electron chi connectivity index (χ2n) is 7.16. The fourth-order valence-corrected chi connectivity index (χ4v) is 2.42. The number of ether oxygens (including phenoxy) is 1. The van der Waals surface area contributed by atoms with E-state index in [9.17, 15) is 9.59 Å². The summed E-state index contributed by atoms with van der Waals surface area (Å²) < 4.78 is 5.41. The molecule has 1 heterocycles. The third kappa shape index (κ3) is 3.51. The Morgan fingerprint density at radius 3 is 2.15 bits per heavy atom. The van der Waals surface area contributed by atoms with Gasteiger partial charge in [0.25, 0.3) is 0 Å². The maximum Gasteiger partial charge on any atom is 0.246 e. The monoisotopic (exact) mass is 284 g/mol. The normalized spacial score (nSPS) is 24.9. The highest BCUT2D eigenvalue weighted by Gasteiger charge is 2.45. The van der Waals surface area contributed by atoms with Crippen LogP contribution in [0.2, 0.25) is 0 Å². The van der Waals surface area contributed by atoms with Gasteiger partial charge in [-0.3, -0.25) is 9.59 Å². The van der Waals surface area contributed by atoms with Gasteiger partial charge < -0.3 is 15.0 Å². The van der Waals surface area contributed by atoms with Gasteiger partial charge in [0.2, 0.25) is 11.8 Å². The van der Waals surface area contributed by atoms with Gasteiger partial charge in [0.05, 0.1) is 12.1 Å². The molecule has 0 bridgehead atoms. The average molecular weight is 284 g/mol. The van der Waals surface area contributed by atoms with Crippen molar-refractivity contribution in [3.05, 3.63) is 0 Å². The van der Waals surface area contributed by atoms with Crippen LogP contribution in [0, 0.1) is 5.41 Å². The van der Waals surface area contributed by atoms with Crippen molar-refractivity contribution < 1.29 is 14.3 Å². The summed E-state index contributed by atoms with van der Waals surface area (Å²) in [7, 11) is 1.62. The van der Waals surface area contributed by atoms with Crippen molar-refractivity contribution >= 4 is 11.8 Å². The highest BCUT2D eigenvalue weighted by molar-refractivity contribution is 5.97. The molecular weight excluding hydrogens is 256 g/mol. The number of rotatable bonds is 4. The minimum atomic E-state index is -0.481. The number of hydrogen-bond acceptors (Lipinski definition) is 3. The van der Waals surface area contributed by atoms with E-state index in [2.05, 4.69) is 5.32 Å². The number of hydrogen-bond donors (Lipinski definition) is 1. The SMILES string of the molecule is CCC1C(=O)NC(C(C)(C)C)C(=O)N1CC(C)(C)OC. The predicted octanol–water partition coefficient (Wildman–Crippen LogP) is 1.56. The Morgan fingerprint density at radius 1 is 1.20 bits per heavy atom. The third-order valence-electron chi connectivity index (χ3n) is 3.85. The summed E-state index contributed by atoms with van der Waals surface area (Å²) in [6, 6.07) is -0.888. The lowest BCUT2D eigenvalue weighted by Gasteiger charge is -2.45. The topological polar surface area (TPSA) is 58.6 Å². The van der Waals surface area contributed by atoms with Crippen molar-refractivity contribution in [3.63, 3.8) is 0 Å². The molecule has 5 nitrogen and oxygen atoms in total. The Labute approximate surface area is 122 Å². The van der Waals surface area contributed by atoms with Gasteiger partial charge in [-0.25, -0.2) is 0 Å². The van der Waals surface area contributed by atoms with E-state index in [1.54, 1.807) is 12.0 Å². The van der Waals surface area contributed by atoms with Gasteiger partial charge >= 0.3 is 0 Å². The minimum Gasteiger partial charge on any atom is -0.377 e. The van der Waals surface area contributed by atoms with Crippen LogP contribution in [-0.2, 0) is 14.3 Å². The van der Waals surface area contributed by atoms with Crippen LogP contribution in [0.5, 0.6) is 0 Å². The summed E-state index contributed by atoms with van der Waals surface area (Å²) in [6.45, 7) is 12.1. The van der Waals surface area contributed by atoms with E-state index in [-0.39, 0.29) is 17.2 Å². The zero-order valence-corrected chi connectivity index (χ0v) is 13.7. The van der Waals surface area contributed by atoms with Crippen LogP contribution in [0.1, 0.15) is 48.0 Å². The molecule has 0 aliphatic carbocycles. The Hall–Kier alpha value is -1.10. The molecule has 1 saturated heterocycles. The summed E-state index contributed by atoms with van der Waals surface area (Å²) in [5.41, 5.74) is -0.774. The smallest absolute Gasteiger partial charge is 0.246 e. The molecule has 0 aromatic rings. The number of carbonyl (C=O) groups excluding carboxylic acids is 2. The zero-order chi connectivity index (χ0) is 15.7. The van der Waals surface area contributed by atoms with Crippen molar-refractivity contribution in [1.29, 1.82) is 0 Å². The summed E-state index contributed by atoms with van der Waals surface area (Å²) in [4.78, 5) is 26.7. The molecule has 116 valence electrons. The van der Waals surface area contributed by atoms with Crippen LogP contribution >= 0.6 is 0 Å². The van der Waals surface area contributed by atoms with Crippen LogP contribution in [0.3, 0.4) is 0 Å². The standard InChI is InChI=1S/C15H28N2O3/c1-8-10-12(18)16-11(14(2,3)4)13(19)17(10)9-15(5,6)20-7/h10-11H,8-9H2,1-7H3,(H,16,18). The van der Waals surface area contributed by atoms with E-state index in [1.807, 2.05) is 41.5 Å². The fraction of sp³-hybridized carbons (Fsp3) is 0.867. The summed E-state index contributed by atoms with van der Waals surface area (Å²) in [5.74, 6) is -0.0898. The first kappa shape index (κ1) is 17.0. The zero-order valence-electron chi connectivity index (χ0n) is 13.7. The van der Waals surface area contributed by atoms with Gasteiger partial charge in [0.1, 0.15) is 12.1 Å². The molecule has 1 aliphatic rings. The molecule has 1 rings (SSSR count). The molecule has 2 unspecified atom stereocenters. The Kier molecular flexibility index (Phi) is 4.85. The van der Waals surface area contributed by atoms with Crippen molar-refractivity contribution in [2.24, 2.45) is 5.41 Å². The lowest BCUT2D eigenvalue weighted by atomic mass is 9.83. The lowest BCUT2D eigenvalue weighted by molar-refractivity contribution is -0.156. The largest absolute Gasteiger partial charge is 0.377 e. The molecule has 2 amide bonds. The number of methoxy groups -OCH3 is 1. The van der Waals surface area contributed by atoms with Gasteiger partial charge in [-0.05, 0) is 25.7 Å². The van der Waals surface area contributed by atoms with Crippen LogP contribution in [-0.4, -0.2) is 48.1 Å². The fourth-order valence-electron chi connectivity index (χ4n) is 2.42. The van der Waals surface area contributed by atoms with Crippen molar-refractivity contribution in [1.82, 2.24) is 10.2 Å². The van der Waals surface area contributed by atoms with Crippen molar-refractivity contribution in [2.75, 3.05) is 13.7 Å². The second-order valence-corrected chi connectivity index (χ2v) is 7.16. The van der Waals surface area contributed by atoms with Crippen LogP contribution < -0.4 is 5.32 Å². The molecule has 2 atom stereocenters. The van der Waals surface area contributed by atoms with Gasteiger partial charge in [0, 0.05) is 7.11 Å². The maximum atomic E-state index is 12.7. The van der Waals surface area contributed by atoms with Crippen molar-refractivity contribution in [3.8, 4) is 0 Å². The van der Waals surface area contributed by atoms with E-state index in [0.29, 0.717) is 13.0 Å². The first-order chi connectivity index (χ1) is 9.03. The molecule has 0 aromatic carbocycles. The molecule has 0 radical (unpaired) electrons. The Balaban J connectivity index is 3.07. The van der Waals surface area contributed by atoms with Gasteiger partial charge in [-0.1, -0.05) is 27.7 Å². The average Bonchev–Trinajstić information content (AvgIpc) is 2.32. The molecule has 0 saturated carbocycles. The van der Waals surface area contributed by atoms with Gasteiger partial charge in [-0.2, -0.15) is 0 Å². The number of nitrogens with one attached hydrogen (secondary N) is 1. The molecule has 0 spiro atoms. The molecule has 1 fully saturated rings. The predicted molar refractivity (Wildman–Crippen MR) is 78.3 cm³/mol. The van der Waals surface area contributed by atoms with Crippen molar-refractivity contribution in [2.45, 2.75) is 65.6 Å².